The van der Waals surface area contributed by atoms with Gasteiger partial charge in [-0.3, -0.25) is 0 Å². The van der Waals surface area contributed by atoms with E-state index in [9.17, 15) is 0 Å². The first kappa shape index (κ1) is 15.8. The fraction of sp³-hybridized carbons (Fsp3) is 0.600. The minimum Gasteiger partial charge on any atom is -0.491 e. The molecular weight excluding hydrogens is 242 g/mol. The van der Waals surface area contributed by atoms with Gasteiger partial charge in [0.05, 0.1) is 12.2 Å². The van der Waals surface area contributed by atoms with Gasteiger partial charge in [0.2, 0.25) is 0 Å². The number of anilines is 1. The van der Waals surface area contributed by atoms with E-state index in [-0.39, 0.29) is 5.60 Å². The average Bonchev–Trinajstić information content (AvgIpc) is 2.41. The van der Waals surface area contributed by atoms with Gasteiger partial charge in [-0.15, -0.1) is 0 Å². The Kier molecular flexibility index (Phi) is 6.67. The number of ether oxygens (including phenoxy) is 3. The van der Waals surface area contributed by atoms with Gasteiger partial charge in [-0.05, 0) is 44.5 Å². The van der Waals surface area contributed by atoms with Crippen molar-refractivity contribution >= 4 is 5.69 Å². The second-order valence-corrected chi connectivity index (χ2v) is 5.01. The van der Waals surface area contributed by atoms with Crippen LogP contribution in [0.25, 0.3) is 0 Å². The van der Waals surface area contributed by atoms with Crippen LogP contribution in [0.3, 0.4) is 0 Å². The van der Waals surface area contributed by atoms with Gasteiger partial charge in [-0.2, -0.15) is 0 Å². The Labute approximate surface area is 116 Å². The quantitative estimate of drug-likeness (QED) is 0.698. The van der Waals surface area contributed by atoms with Crippen LogP contribution in [0.5, 0.6) is 5.75 Å². The minimum atomic E-state index is -0.0871. The molecular formula is C15H25NO3. The molecule has 0 heterocycles. The van der Waals surface area contributed by atoms with Crippen LogP contribution in [0.2, 0.25) is 0 Å². The van der Waals surface area contributed by atoms with E-state index >= 15 is 0 Å². The van der Waals surface area contributed by atoms with Gasteiger partial charge >= 0.3 is 0 Å². The Morgan fingerprint density at radius 3 is 2.32 bits per heavy atom. The lowest BCUT2D eigenvalue weighted by Crippen LogP contribution is -2.25. The van der Waals surface area contributed by atoms with Crippen molar-refractivity contribution in [1.82, 2.24) is 0 Å². The Hall–Kier alpha value is -1.26. The highest BCUT2D eigenvalue weighted by atomic mass is 16.5. The third kappa shape index (κ3) is 6.45. The van der Waals surface area contributed by atoms with Crippen LogP contribution in [-0.2, 0) is 9.47 Å². The molecule has 0 unspecified atom stereocenters. The lowest BCUT2D eigenvalue weighted by Gasteiger charge is -2.23. The van der Waals surface area contributed by atoms with Crippen molar-refractivity contribution < 1.29 is 14.2 Å². The summed E-state index contributed by atoms with van der Waals surface area (Å²) in [4.78, 5) is 0. The normalized spacial score (nSPS) is 11.4. The third-order valence-electron chi connectivity index (χ3n) is 3.02. The summed E-state index contributed by atoms with van der Waals surface area (Å²) in [5.74, 6) is 0.861. The molecule has 0 fully saturated rings. The van der Waals surface area contributed by atoms with Crippen molar-refractivity contribution in [3.05, 3.63) is 24.3 Å². The van der Waals surface area contributed by atoms with Crippen LogP contribution in [0.4, 0.5) is 5.69 Å². The number of methoxy groups -OCH3 is 2. The molecule has 4 nitrogen and oxygen atoms in total. The molecule has 0 radical (unpaired) electrons. The standard InChI is InChI=1S/C15H25NO3/c1-15(2,18-4)9-10-16-13-5-7-14(8-6-13)19-12-11-17-3/h5-8,16H,9-12H2,1-4H3. The summed E-state index contributed by atoms with van der Waals surface area (Å²) >= 11 is 0. The Bertz CT molecular complexity index is 349. The molecule has 0 aliphatic heterocycles. The zero-order valence-corrected chi connectivity index (χ0v) is 12.4. The Morgan fingerprint density at radius 2 is 1.74 bits per heavy atom. The van der Waals surface area contributed by atoms with E-state index in [1.54, 1.807) is 14.2 Å². The molecule has 4 heteroatoms. The molecule has 0 bridgehead atoms. The summed E-state index contributed by atoms with van der Waals surface area (Å²) in [5.41, 5.74) is 1.00. The minimum absolute atomic E-state index is 0.0871. The summed E-state index contributed by atoms with van der Waals surface area (Å²) in [6.07, 6.45) is 0.954. The van der Waals surface area contributed by atoms with Crippen molar-refractivity contribution in [3.63, 3.8) is 0 Å². The first-order valence-electron chi connectivity index (χ1n) is 6.58. The summed E-state index contributed by atoms with van der Waals surface area (Å²) < 4.78 is 15.8. The maximum Gasteiger partial charge on any atom is 0.119 e. The van der Waals surface area contributed by atoms with Crippen LogP contribution in [-0.4, -0.2) is 39.6 Å². The van der Waals surface area contributed by atoms with E-state index in [1.807, 2.05) is 24.3 Å². The fourth-order valence-electron chi connectivity index (χ4n) is 1.52. The second-order valence-electron chi connectivity index (χ2n) is 5.01. The smallest absolute Gasteiger partial charge is 0.119 e. The number of hydrogen-bond acceptors (Lipinski definition) is 4. The molecule has 1 N–H and O–H groups in total. The van der Waals surface area contributed by atoms with E-state index < -0.39 is 0 Å². The van der Waals surface area contributed by atoms with E-state index in [2.05, 4.69) is 19.2 Å². The van der Waals surface area contributed by atoms with Gasteiger partial charge < -0.3 is 19.5 Å². The predicted octanol–water partition coefficient (Wildman–Crippen LogP) is 2.94. The zero-order valence-electron chi connectivity index (χ0n) is 12.4. The van der Waals surface area contributed by atoms with Gasteiger partial charge in [0.1, 0.15) is 12.4 Å². The molecule has 0 spiro atoms. The summed E-state index contributed by atoms with van der Waals surface area (Å²) in [6.45, 7) is 6.23. The molecule has 1 aromatic rings. The molecule has 1 aromatic carbocycles. The van der Waals surface area contributed by atoms with Crippen LogP contribution < -0.4 is 10.1 Å². The number of nitrogens with one attached hydrogen (secondary N) is 1. The summed E-state index contributed by atoms with van der Waals surface area (Å²) in [6, 6.07) is 7.95. The SMILES string of the molecule is COCCOc1ccc(NCCC(C)(C)OC)cc1. The fourth-order valence-corrected chi connectivity index (χ4v) is 1.52. The van der Waals surface area contributed by atoms with E-state index in [0.29, 0.717) is 13.2 Å². The Morgan fingerprint density at radius 1 is 1.05 bits per heavy atom. The van der Waals surface area contributed by atoms with Gasteiger partial charge in [-0.1, -0.05) is 0 Å². The lowest BCUT2D eigenvalue weighted by molar-refractivity contribution is 0.0185. The maximum absolute atomic E-state index is 5.50. The van der Waals surface area contributed by atoms with E-state index in [4.69, 9.17) is 14.2 Å². The zero-order chi connectivity index (χ0) is 14.1. The van der Waals surface area contributed by atoms with Crippen molar-refractivity contribution in [3.8, 4) is 5.75 Å². The second kappa shape index (κ2) is 8.02. The number of benzene rings is 1. The van der Waals surface area contributed by atoms with Gasteiger partial charge in [-0.25, -0.2) is 0 Å². The first-order chi connectivity index (χ1) is 9.07. The predicted molar refractivity (Wildman–Crippen MR) is 78.0 cm³/mol. The molecule has 1 rings (SSSR count). The molecule has 0 amide bonds. The van der Waals surface area contributed by atoms with Crippen molar-refractivity contribution in [1.29, 1.82) is 0 Å². The monoisotopic (exact) mass is 267 g/mol. The largest absolute Gasteiger partial charge is 0.491 e. The highest BCUT2D eigenvalue weighted by Crippen LogP contribution is 2.17. The van der Waals surface area contributed by atoms with Crippen molar-refractivity contribution in [2.24, 2.45) is 0 Å². The molecule has 108 valence electrons. The highest BCUT2D eigenvalue weighted by molar-refractivity contribution is 5.46. The van der Waals surface area contributed by atoms with Crippen LogP contribution in [0, 0.1) is 0 Å². The average molecular weight is 267 g/mol. The molecule has 19 heavy (non-hydrogen) atoms. The Balaban J connectivity index is 2.32. The van der Waals surface area contributed by atoms with Crippen LogP contribution in [0.15, 0.2) is 24.3 Å². The lowest BCUT2D eigenvalue weighted by atomic mass is 10.1. The molecule has 0 atom stereocenters. The molecule has 0 saturated heterocycles. The third-order valence-corrected chi connectivity index (χ3v) is 3.02. The highest BCUT2D eigenvalue weighted by Gasteiger charge is 2.14. The summed E-state index contributed by atoms with van der Waals surface area (Å²) in [7, 11) is 3.41. The number of hydrogen-bond donors (Lipinski definition) is 1. The van der Waals surface area contributed by atoms with Gasteiger partial charge in [0, 0.05) is 26.5 Å². The molecule has 0 aliphatic rings. The molecule has 0 saturated carbocycles. The number of rotatable bonds is 9. The van der Waals surface area contributed by atoms with Crippen LogP contribution >= 0.6 is 0 Å². The molecule has 0 aliphatic carbocycles. The first-order valence-corrected chi connectivity index (χ1v) is 6.58. The van der Waals surface area contributed by atoms with Gasteiger partial charge in [0.25, 0.3) is 0 Å². The maximum atomic E-state index is 5.50. The van der Waals surface area contributed by atoms with E-state index in [1.165, 1.54) is 0 Å². The van der Waals surface area contributed by atoms with Crippen molar-refractivity contribution in [2.75, 3.05) is 39.3 Å². The summed E-state index contributed by atoms with van der Waals surface area (Å²) in [5, 5.41) is 3.37. The topological polar surface area (TPSA) is 39.7 Å². The van der Waals surface area contributed by atoms with Crippen LogP contribution in [0.1, 0.15) is 20.3 Å². The molecule has 0 aromatic heterocycles. The van der Waals surface area contributed by atoms with Gasteiger partial charge in [0.15, 0.2) is 0 Å². The van der Waals surface area contributed by atoms with E-state index in [0.717, 1.165) is 24.4 Å². The van der Waals surface area contributed by atoms with Crippen molar-refractivity contribution in [2.45, 2.75) is 25.9 Å².